The van der Waals surface area contributed by atoms with Crippen molar-refractivity contribution in [2.24, 2.45) is 0 Å². The molecule has 2 fully saturated rings. The van der Waals surface area contributed by atoms with E-state index in [4.69, 9.17) is 0 Å². The SMILES string of the molecule is CSC1(CN2CCC(=O)NC(C)C2=O)CCCCC1. The Morgan fingerprint density at radius 3 is 2.63 bits per heavy atom. The third kappa shape index (κ3) is 3.44. The molecule has 19 heavy (non-hydrogen) atoms. The molecule has 5 heteroatoms. The van der Waals surface area contributed by atoms with Crippen LogP contribution in [-0.4, -0.2) is 46.8 Å². The summed E-state index contributed by atoms with van der Waals surface area (Å²) in [6.45, 7) is 3.15. The molecule has 0 aromatic rings. The fourth-order valence-electron chi connectivity index (χ4n) is 3.12. The van der Waals surface area contributed by atoms with Crippen LogP contribution in [0.4, 0.5) is 0 Å². The molecule has 2 amide bonds. The number of hydrogen-bond donors (Lipinski definition) is 1. The molecule has 0 spiro atoms. The first-order valence-electron chi connectivity index (χ1n) is 7.20. The van der Waals surface area contributed by atoms with Gasteiger partial charge >= 0.3 is 0 Å². The maximum absolute atomic E-state index is 12.3. The maximum Gasteiger partial charge on any atom is 0.244 e. The standard InChI is InChI=1S/C14H24N2O2S/c1-11-13(18)16(9-6-12(17)15-11)10-14(19-2)7-4-3-5-8-14/h11H,3-10H2,1-2H3,(H,15,17). The highest BCUT2D eigenvalue weighted by atomic mass is 32.2. The Kier molecular flexibility index (Phi) is 4.76. The summed E-state index contributed by atoms with van der Waals surface area (Å²) in [7, 11) is 0. The summed E-state index contributed by atoms with van der Waals surface area (Å²) >= 11 is 1.90. The van der Waals surface area contributed by atoms with Gasteiger partial charge in [-0.25, -0.2) is 0 Å². The van der Waals surface area contributed by atoms with Crippen molar-refractivity contribution in [2.75, 3.05) is 19.3 Å². The highest BCUT2D eigenvalue weighted by Gasteiger charge is 2.36. The van der Waals surface area contributed by atoms with E-state index in [2.05, 4.69) is 11.6 Å². The zero-order valence-electron chi connectivity index (χ0n) is 11.9. The van der Waals surface area contributed by atoms with E-state index in [1.54, 1.807) is 6.92 Å². The van der Waals surface area contributed by atoms with Crippen molar-refractivity contribution < 1.29 is 9.59 Å². The van der Waals surface area contributed by atoms with Crippen LogP contribution in [0.1, 0.15) is 45.4 Å². The smallest absolute Gasteiger partial charge is 0.244 e. The number of nitrogens with one attached hydrogen (secondary N) is 1. The molecule has 0 bridgehead atoms. The van der Waals surface area contributed by atoms with Crippen molar-refractivity contribution >= 4 is 23.6 Å². The van der Waals surface area contributed by atoms with Crippen LogP contribution < -0.4 is 5.32 Å². The van der Waals surface area contributed by atoms with E-state index in [0.29, 0.717) is 13.0 Å². The normalized spacial score (nSPS) is 27.9. The highest BCUT2D eigenvalue weighted by molar-refractivity contribution is 8.00. The Bertz CT molecular complexity index is 353. The van der Waals surface area contributed by atoms with Crippen molar-refractivity contribution in [1.29, 1.82) is 0 Å². The van der Waals surface area contributed by atoms with E-state index in [1.165, 1.54) is 32.1 Å². The zero-order valence-corrected chi connectivity index (χ0v) is 12.7. The fraction of sp³-hybridized carbons (Fsp3) is 0.857. The zero-order chi connectivity index (χ0) is 13.9. The van der Waals surface area contributed by atoms with Gasteiger partial charge in [0.1, 0.15) is 6.04 Å². The predicted molar refractivity (Wildman–Crippen MR) is 78.1 cm³/mol. The lowest BCUT2D eigenvalue weighted by atomic mass is 9.87. The average molecular weight is 284 g/mol. The second kappa shape index (κ2) is 6.16. The molecule has 108 valence electrons. The maximum atomic E-state index is 12.3. The van der Waals surface area contributed by atoms with Gasteiger partial charge in [0, 0.05) is 24.3 Å². The number of carbonyl (C=O) groups excluding carboxylic acids is 2. The summed E-state index contributed by atoms with van der Waals surface area (Å²) in [4.78, 5) is 25.8. The predicted octanol–water partition coefficient (Wildman–Crippen LogP) is 1.79. The first-order valence-corrected chi connectivity index (χ1v) is 8.42. The summed E-state index contributed by atoms with van der Waals surface area (Å²) in [6.07, 6.45) is 8.79. The highest BCUT2D eigenvalue weighted by Crippen LogP contribution is 2.39. The minimum Gasteiger partial charge on any atom is -0.345 e. The number of thioether (sulfide) groups is 1. The lowest BCUT2D eigenvalue weighted by Crippen LogP contribution is -2.49. The Labute approximate surface area is 119 Å². The minimum atomic E-state index is -0.377. The van der Waals surface area contributed by atoms with Gasteiger partial charge in [-0.1, -0.05) is 19.3 Å². The van der Waals surface area contributed by atoms with Gasteiger partial charge in [-0.05, 0) is 26.0 Å². The molecule has 1 atom stereocenters. The van der Waals surface area contributed by atoms with Crippen LogP contribution >= 0.6 is 11.8 Å². The summed E-state index contributed by atoms with van der Waals surface area (Å²) in [5.74, 6) is 0.0649. The molecule has 0 aromatic heterocycles. The van der Waals surface area contributed by atoms with Gasteiger partial charge in [-0.15, -0.1) is 0 Å². The fourth-order valence-corrected chi connectivity index (χ4v) is 4.11. The van der Waals surface area contributed by atoms with Crippen LogP contribution in [0.3, 0.4) is 0 Å². The second-order valence-corrected chi connectivity index (χ2v) is 7.02. The van der Waals surface area contributed by atoms with Crippen molar-refractivity contribution in [3.8, 4) is 0 Å². The minimum absolute atomic E-state index is 0.00908. The summed E-state index contributed by atoms with van der Waals surface area (Å²) < 4.78 is 0.209. The van der Waals surface area contributed by atoms with Gasteiger partial charge in [0.2, 0.25) is 11.8 Å². The Balaban J connectivity index is 2.06. The molecular weight excluding hydrogens is 260 g/mol. The molecule has 2 aliphatic rings. The van der Waals surface area contributed by atoms with Crippen LogP contribution in [0.2, 0.25) is 0 Å². The largest absolute Gasteiger partial charge is 0.345 e. The summed E-state index contributed by atoms with van der Waals surface area (Å²) in [6, 6.07) is -0.377. The number of amides is 2. The second-order valence-electron chi connectivity index (χ2n) is 5.75. The molecule has 0 aromatic carbocycles. The van der Waals surface area contributed by atoms with Crippen LogP contribution in [0.15, 0.2) is 0 Å². The molecule has 1 unspecified atom stereocenters. The number of hydrogen-bond acceptors (Lipinski definition) is 3. The van der Waals surface area contributed by atoms with Gasteiger partial charge in [0.25, 0.3) is 0 Å². The lowest BCUT2D eigenvalue weighted by Gasteiger charge is -2.40. The van der Waals surface area contributed by atoms with Gasteiger partial charge in [-0.2, -0.15) is 11.8 Å². The first-order chi connectivity index (χ1) is 9.06. The van der Waals surface area contributed by atoms with Crippen LogP contribution in [-0.2, 0) is 9.59 Å². The van der Waals surface area contributed by atoms with Crippen molar-refractivity contribution in [3.05, 3.63) is 0 Å². The lowest BCUT2D eigenvalue weighted by molar-refractivity contribution is -0.133. The molecular formula is C14H24N2O2S. The van der Waals surface area contributed by atoms with Crippen LogP contribution in [0.25, 0.3) is 0 Å². The summed E-state index contributed by atoms with van der Waals surface area (Å²) in [5.41, 5.74) is 0. The Hall–Kier alpha value is -0.710. The Morgan fingerprint density at radius 2 is 2.00 bits per heavy atom. The number of rotatable bonds is 3. The topological polar surface area (TPSA) is 49.4 Å². The van der Waals surface area contributed by atoms with E-state index in [0.717, 1.165) is 6.54 Å². The van der Waals surface area contributed by atoms with Crippen molar-refractivity contribution in [1.82, 2.24) is 10.2 Å². The van der Waals surface area contributed by atoms with E-state index in [-0.39, 0.29) is 22.6 Å². The van der Waals surface area contributed by atoms with E-state index >= 15 is 0 Å². The molecule has 1 N–H and O–H groups in total. The quantitative estimate of drug-likeness (QED) is 0.859. The molecule has 2 rings (SSSR count). The summed E-state index contributed by atoms with van der Waals surface area (Å²) in [5, 5.41) is 2.75. The van der Waals surface area contributed by atoms with Crippen molar-refractivity contribution in [2.45, 2.75) is 56.2 Å². The molecule has 1 heterocycles. The van der Waals surface area contributed by atoms with Crippen molar-refractivity contribution in [3.63, 3.8) is 0 Å². The molecule has 1 saturated heterocycles. The third-order valence-electron chi connectivity index (χ3n) is 4.35. The van der Waals surface area contributed by atoms with E-state index in [1.807, 2.05) is 16.7 Å². The average Bonchev–Trinajstić information content (AvgIpc) is 2.53. The first kappa shape index (κ1) is 14.7. The Morgan fingerprint density at radius 1 is 1.32 bits per heavy atom. The molecule has 0 radical (unpaired) electrons. The molecule has 1 aliphatic heterocycles. The number of nitrogens with zero attached hydrogens (tertiary/aromatic N) is 1. The number of carbonyl (C=O) groups is 2. The van der Waals surface area contributed by atoms with Gasteiger partial charge in [0.05, 0.1) is 0 Å². The van der Waals surface area contributed by atoms with Gasteiger partial charge in [-0.3, -0.25) is 9.59 Å². The van der Waals surface area contributed by atoms with Gasteiger partial charge in [0.15, 0.2) is 0 Å². The monoisotopic (exact) mass is 284 g/mol. The van der Waals surface area contributed by atoms with E-state index < -0.39 is 0 Å². The van der Waals surface area contributed by atoms with E-state index in [9.17, 15) is 9.59 Å². The third-order valence-corrected chi connectivity index (χ3v) is 5.75. The van der Waals surface area contributed by atoms with Crippen LogP contribution in [0.5, 0.6) is 0 Å². The van der Waals surface area contributed by atoms with Crippen LogP contribution in [0, 0.1) is 0 Å². The van der Waals surface area contributed by atoms with Gasteiger partial charge < -0.3 is 10.2 Å². The molecule has 4 nitrogen and oxygen atoms in total. The molecule has 1 saturated carbocycles. The molecule has 1 aliphatic carbocycles.